The van der Waals surface area contributed by atoms with Crippen LogP contribution in [0.4, 0.5) is 11.8 Å². The third kappa shape index (κ3) is 4.22. The molecule has 3 aromatic heterocycles. The summed E-state index contributed by atoms with van der Waals surface area (Å²) in [7, 11) is 0. The third-order valence-electron chi connectivity index (χ3n) is 5.00. The van der Waals surface area contributed by atoms with Crippen LogP contribution in [0.1, 0.15) is 11.1 Å². The van der Waals surface area contributed by atoms with Gasteiger partial charge in [0.1, 0.15) is 11.3 Å². The molecule has 2 N–H and O–H groups in total. The van der Waals surface area contributed by atoms with Gasteiger partial charge in [-0.05, 0) is 24.6 Å². The summed E-state index contributed by atoms with van der Waals surface area (Å²) in [5, 5.41) is 4.32. The summed E-state index contributed by atoms with van der Waals surface area (Å²) < 4.78 is 5.50. The minimum atomic E-state index is 0.391. The van der Waals surface area contributed by atoms with Gasteiger partial charge < -0.3 is 14.6 Å². The number of anilines is 2. The fourth-order valence-corrected chi connectivity index (χ4v) is 3.49. The lowest BCUT2D eigenvalue weighted by Crippen LogP contribution is -2.37. The number of pyridine rings is 1. The largest absolute Gasteiger partial charge is 0.378 e. The van der Waals surface area contributed by atoms with Crippen LogP contribution in [0.5, 0.6) is 0 Å². The number of hydrogen-bond donors (Lipinski definition) is 2. The molecule has 1 fully saturated rings. The molecule has 1 aliphatic rings. The number of imidazole rings is 1. The van der Waals surface area contributed by atoms with Crippen molar-refractivity contribution in [1.82, 2.24) is 24.9 Å². The first-order chi connectivity index (χ1) is 15.3. The lowest BCUT2D eigenvalue weighted by molar-refractivity contribution is 0.122. The van der Waals surface area contributed by atoms with Gasteiger partial charge in [0.25, 0.3) is 0 Å². The van der Waals surface area contributed by atoms with E-state index in [0.717, 1.165) is 35.6 Å². The van der Waals surface area contributed by atoms with E-state index >= 15 is 0 Å². The van der Waals surface area contributed by atoms with Crippen LogP contribution in [0.15, 0.2) is 53.9 Å². The molecule has 0 radical (unpaired) electrons. The predicted octanol–water partition coefficient (Wildman–Crippen LogP) is 3.01. The normalized spacial score (nSPS) is 14.4. The molecule has 1 aromatic carbocycles. The van der Waals surface area contributed by atoms with Crippen LogP contribution in [0.3, 0.4) is 0 Å². The molecule has 31 heavy (non-hydrogen) atoms. The monoisotopic (exact) mass is 414 g/mol. The Labute approximate surface area is 179 Å². The van der Waals surface area contributed by atoms with Crippen molar-refractivity contribution in [2.45, 2.75) is 6.92 Å². The van der Waals surface area contributed by atoms with Crippen LogP contribution in [-0.4, -0.2) is 57.4 Å². The molecule has 4 heterocycles. The second-order valence-electron chi connectivity index (χ2n) is 7.28. The van der Waals surface area contributed by atoms with Crippen LogP contribution < -0.4 is 10.3 Å². The fraction of sp³-hybridized carbons (Fsp3) is 0.227. The zero-order valence-electron chi connectivity index (χ0n) is 17.1. The second kappa shape index (κ2) is 8.49. The maximum Gasteiger partial charge on any atom is 0.247 e. The zero-order valence-corrected chi connectivity index (χ0v) is 17.1. The maximum atomic E-state index is 5.50. The van der Waals surface area contributed by atoms with E-state index in [1.807, 2.05) is 37.3 Å². The number of nitrogens with one attached hydrogen (secondary N) is 2. The molecule has 4 aromatic rings. The van der Waals surface area contributed by atoms with Crippen molar-refractivity contribution in [3.05, 3.63) is 59.9 Å². The molecule has 156 valence electrons. The minimum Gasteiger partial charge on any atom is -0.378 e. The van der Waals surface area contributed by atoms with Crippen molar-refractivity contribution in [1.29, 1.82) is 0 Å². The van der Waals surface area contributed by atoms with Crippen molar-refractivity contribution in [2.24, 2.45) is 5.10 Å². The molecule has 5 rings (SSSR count). The van der Waals surface area contributed by atoms with Gasteiger partial charge in [-0.3, -0.25) is 4.98 Å². The van der Waals surface area contributed by atoms with Crippen LogP contribution in [0, 0.1) is 6.92 Å². The fourth-order valence-electron chi connectivity index (χ4n) is 3.49. The second-order valence-corrected chi connectivity index (χ2v) is 7.28. The highest BCUT2D eigenvalue weighted by molar-refractivity contribution is 5.87. The molecule has 1 aliphatic heterocycles. The van der Waals surface area contributed by atoms with E-state index in [4.69, 9.17) is 9.72 Å². The first-order valence-corrected chi connectivity index (χ1v) is 10.1. The van der Waals surface area contributed by atoms with E-state index in [-0.39, 0.29) is 0 Å². The number of benzene rings is 1. The number of nitrogens with zero attached hydrogens (tertiary/aromatic N) is 6. The van der Waals surface area contributed by atoms with Gasteiger partial charge in [0.15, 0.2) is 11.5 Å². The topological polar surface area (TPSA) is 104 Å². The van der Waals surface area contributed by atoms with Gasteiger partial charge in [-0.25, -0.2) is 10.4 Å². The summed E-state index contributed by atoms with van der Waals surface area (Å²) in [6, 6.07) is 11.9. The Bertz CT molecular complexity index is 1210. The number of H-pyrrole nitrogens is 1. The summed E-state index contributed by atoms with van der Waals surface area (Å²) >= 11 is 0. The summed E-state index contributed by atoms with van der Waals surface area (Å²) in [6.07, 6.45) is 5.25. The zero-order chi connectivity index (χ0) is 21.0. The van der Waals surface area contributed by atoms with Crippen molar-refractivity contribution >= 4 is 29.1 Å². The highest BCUT2D eigenvalue weighted by Gasteiger charge is 2.20. The average Bonchev–Trinajstić information content (AvgIpc) is 3.24. The van der Waals surface area contributed by atoms with Gasteiger partial charge >= 0.3 is 0 Å². The van der Waals surface area contributed by atoms with Gasteiger partial charge in [0, 0.05) is 31.0 Å². The number of aromatic amines is 1. The summed E-state index contributed by atoms with van der Waals surface area (Å²) in [6.45, 7) is 4.86. The predicted molar refractivity (Wildman–Crippen MR) is 120 cm³/mol. The van der Waals surface area contributed by atoms with E-state index in [9.17, 15) is 0 Å². The first-order valence-electron chi connectivity index (χ1n) is 10.1. The molecule has 0 atom stereocenters. The van der Waals surface area contributed by atoms with E-state index in [0.29, 0.717) is 30.6 Å². The van der Waals surface area contributed by atoms with E-state index < -0.39 is 0 Å². The number of rotatable bonds is 5. The van der Waals surface area contributed by atoms with Gasteiger partial charge in [0.05, 0.1) is 19.4 Å². The van der Waals surface area contributed by atoms with Crippen LogP contribution in [0.25, 0.3) is 22.6 Å². The molecule has 0 aliphatic carbocycles. The average molecular weight is 414 g/mol. The number of hydrogen-bond acceptors (Lipinski definition) is 8. The Hall–Kier alpha value is -3.85. The van der Waals surface area contributed by atoms with Gasteiger partial charge in [-0.1, -0.05) is 29.8 Å². The molecule has 0 spiro atoms. The van der Waals surface area contributed by atoms with Crippen LogP contribution in [0.2, 0.25) is 0 Å². The number of aryl methyl sites for hydroxylation is 1. The maximum absolute atomic E-state index is 5.50. The van der Waals surface area contributed by atoms with Crippen molar-refractivity contribution in [2.75, 3.05) is 36.6 Å². The van der Waals surface area contributed by atoms with Gasteiger partial charge in [0.2, 0.25) is 5.95 Å². The summed E-state index contributed by atoms with van der Waals surface area (Å²) in [4.78, 5) is 23.7. The van der Waals surface area contributed by atoms with Crippen LogP contribution >= 0.6 is 0 Å². The molecular weight excluding hydrogens is 392 g/mol. The van der Waals surface area contributed by atoms with E-state index in [1.54, 1.807) is 18.6 Å². The van der Waals surface area contributed by atoms with Crippen molar-refractivity contribution in [3.8, 4) is 11.4 Å². The van der Waals surface area contributed by atoms with Gasteiger partial charge in [-0.15, -0.1) is 0 Å². The molecule has 1 saturated heterocycles. The quantitative estimate of drug-likeness (QED) is 0.382. The molecule has 9 heteroatoms. The highest BCUT2D eigenvalue weighted by Crippen LogP contribution is 2.27. The number of hydrazone groups is 1. The number of ether oxygens (including phenoxy) is 1. The Morgan fingerprint density at radius 2 is 2.03 bits per heavy atom. The lowest BCUT2D eigenvalue weighted by atomic mass is 10.2. The molecule has 0 saturated carbocycles. The number of morpholine rings is 1. The highest BCUT2D eigenvalue weighted by atomic mass is 16.5. The summed E-state index contributed by atoms with van der Waals surface area (Å²) in [5.41, 5.74) is 7.38. The van der Waals surface area contributed by atoms with Crippen molar-refractivity contribution in [3.63, 3.8) is 0 Å². The minimum absolute atomic E-state index is 0.391. The Balaban J connectivity index is 1.50. The number of aromatic nitrogens is 5. The number of fused-ring (bicyclic) bond motifs is 1. The van der Waals surface area contributed by atoms with Gasteiger partial charge in [-0.2, -0.15) is 15.1 Å². The lowest BCUT2D eigenvalue weighted by Gasteiger charge is -2.28. The van der Waals surface area contributed by atoms with Crippen LogP contribution in [-0.2, 0) is 4.74 Å². The van der Waals surface area contributed by atoms with E-state index in [1.165, 1.54) is 5.56 Å². The first kappa shape index (κ1) is 19.1. The van der Waals surface area contributed by atoms with Crippen molar-refractivity contribution < 1.29 is 4.74 Å². The van der Waals surface area contributed by atoms with E-state index in [2.05, 4.69) is 41.4 Å². The Morgan fingerprint density at radius 3 is 2.84 bits per heavy atom. The molecule has 0 bridgehead atoms. The SMILES string of the molecule is Cc1cccc(/C=N/Nc2nc(N3CCOCC3)c3[nH]c(-c4cccnc4)nc3n2)c1. The third-order valence-corrected chi connectivity index (χ3v) is 5.00. The molecule has 0 unspecified atom stereocenters. The smallest absolute Gasteiger partial charge is 0.247 e. The standard InChI is InChI=1S/C22H22N8O/c1-15-4-2-5-16(12-15)13-24-29-22-27-20-18(21(28-22)30-8-10-31-11-9-30)25-19(26-20)17-6-3-7-23-14-17/h2-7,12-14H,8-11H2,1H3,(H2,25,26,27,28,29)/b24-13+. The molecule has 0 amide bonds. The Morgan fingerprint density at radius 1 is 1.13 bits per heavy atom. The Kier molecular flexibility index (Phi) is 5.24. The molecular formula is C22H22N8O. The summed E-state index contributed by atoms with van der Waals surface area (Å²) in [5.74, 6) is 1.87. The molecule has 9 nitrogen and oxygen atoms in total.